The average Bonchev–Trinajstić information content (AvgIpc) is 3.63. The molecule has 2 aromatic heterocycles. The van der Waals surface area contributed by atoms with E-state index in [1.54, 1.807) is 29.3 Å². The van der Waals surface area contributed by atoms with Crippen LogP contribution < -0.4 is 9.80 Å². The first-order valence-electron chi connectivity index (χ1n) is 11.8. The van der Waals surface area contributed by atoms with Gasteiger partial charge in [-0.15, -0.1) is 11.3 Å². The highest BCUT2D eigenvalue weighted by Crippen LogP contribution is 2.27. The summed E-state index contributed by atoms with van der Waals surface area (Å²) in [6.45, 7) is 2.75. The smallest absolute Gasteiger partial charge is 0.270 e. The molecule has 1 aliphatic rings. The van der Waals surface area contributed by atoms with Gasteiger partial charge in [-0.3, -0.25) is 19.7 Å². The van der Waals surface area contributed by atoms with Crippen molar-refractivity contribution in [3.05, 3.63) is 104 Å². The van der Waals surface area contributed by atoms with Crippen LogP contribution in [0.4, 0.5) is 17.1 Å². The molecule has 5 rings (SSSR count). The number of piperazine rings is 1. The first kappa shape index (κ1) is 25.4. The molecule has 12 heteroatoms. The molecule has 1 N–H and O–H groups in total. The Hall–Kier alpha value is -4.22. The van der Waals surface area contributed by atoms with Crippen molar-refractivity contribution in [3.8, 4) is 0 Å². The molecule has 1 saturated heterocycles. The highest BCUT2D eigenvalue weighted by atomic mass is 35.5. The number of nitro groups is 1. The van der Waals surface area contributed by atoms with Crippen molar-refractivity contribution < 1.29 is 14.5 Å². The molecule has 3 heterocycles. The van der Waals surface area contributed by atoms with Gasteiger partial charge in [0.1, 0.15) is 0 Å². The lowest BCUT2D eigenvalue weighted by molar-refractivity contribution is -0.384. The summed E-state index contributed by atoms with van der Waals surface area (Å²) in [6, 6.07) is 16.8. The van der Waals surface area contributed by atoms with Crippen molar-refractivity contribution >= 4 is 51.8 Å². The van der Waals surface area contributed by atoms with E-state index in [4.69, 9.17) is 11.6 Å². The van der Waals surface area contributed by atoms with E-state index in [0.29, 0.717) is 41.1 Å². The number of H-pyrrole nitrogens is 1. The van der Waals surface area contributed by atoms with E-state index in [9.17, 15) is 19.7 Å². The van der Waals surface area contributed by atoms with Crippen LogP contribution in [0.2, 0.25) is 4.34 Å². The fraction of sp³-hybridized carbons (Fsp3) is 0.192. The third-order valence-corrected chi connectivity index (χ3v) is 7.53. The van der Waals surface area contributed by atoms with Crippen LogP contribution >= 0.6 is 22.9 Å². The number of non-ortho nitro benzene ring substituents is 1. The van der Waals surface area contributed by atoms with Crippen LogP contribution in [-0.2, 0) is 6.54 Å². The SMILES string of the molecule is O=C(c1ccc(Cl)s1)N1CCN(c2ccc(N(Cc3cnc[nH]3)C(=O)c3cccc([N+](=O)[O-])c3)cc2)CC1. The van der Waals surface area contributed by atoms with Crippen LogP contribution in [-0.4, -0.2) is 57.8 Å². The second kappa shape index (κ2) is 11.0. The Bertz CT molecular complexity index is 1450. The van der Waals surface area contributed by atoms with Gasteiger partial charge in [0.25, 0.3) is 17.5 Å². The summed E-state index contributed by atoms with van der Waals surface area (Å²) in [5.74, 6) is -0.372. The fourth-order valence-corrected chi connectivity index (χ4v) is 5.34. The number of hydrogen-bond acceptors (Lipinski definition) is 7. The minimum Gasteiger partial charge on any atom is -0.368 e. The number of thiophene rings is 1. The number of rotatable bonds is 7. The molecule has 4 aromatic rings. The molecule has 0 aliphatic carbocycles. The summed E-state index contributed by atoms with van der Waals surface area (Å²) in [5.41, 5.74) is 2.41. The third-order valence-electron chi connectivity index (χ3n) is 6.31. The highest BCUT2D eigenvalue weighted by molar-refractivity contribution is 7.17. The lowest BCUT2D eigenvalue weighted by Crippen LogP contribution is -2.48. The number of benzene rings is 2. The van der Waals surface area contributed by atoms with Gasteiger partial charge in [0.15, 0.2) is 0 Å². The Labute approximate surface area is 227 Å². The van der Waals surface area contributed by atoms with Gasteiger partial charge in [-0.05, 0) is 42.5 Å². The van der Waals surface area contributed by atoms with E-state index < -0.39 is 4.92 Å². The summed E-state index contributed by atoms with van der Waals surface area (Å²) in [6.07, 6.45) is 3.17. The summed E-state index contributed by atoms with van der Waals surface area (Å²) in [7, 11) is 0. The van der Waals surface area contributed by atoms with Gasteiger partial charge in [-0.25, -0.2) is 4.98 Å². The first-order valence-corrected chi connectivity index (χ1v) is 13.0. The van der Waals surface area contributed by atoms with E-state index >= 15 is 0 Å². The maximum Gasteiger partial charge on any atom is 0.270 e. The lowest BCUT2D eigenvalue weighted by Gasteiger charge is -2.36. The third kappa shape index (κ3) is 5.53. The molecule has 0 spiro atoms. The van der Waals surface area contributed by atoms with Crippen molar-refractivity contribution in [2.24, 2.45) is 0 Å². The molecular formula is C26H23ClN6O4S. The fourth-order valence-electron chi connectivity index (χ4n) is 4.33. The average molecular weight is 551 g/mol. The largest absolute Gasteiger partial charge is 0.368 e. The molecule has 2 aromatic carbocycles. The number of carbonyl (C=O) groups is 2. The Balaban J connectivity index is 1.31. The Morgan fingerprint density at radius 2 is 1.84 bits per heavy atom. The predicted molar refractivity (Wildman–Crippen MR) is 146 cm³/mol. The number of halogens is 1. The molecule has 1 aliphatic heterocycles. The molecule has 0 radical (unpaired) electrons. The molecule has 0 atom stereocenters. The summed E-state index contributed by atoms with van der Waals surface area (Å²) in [4.78, 5) is 50.1. The first-order chi connectivity index (χ1) is 18.4. The van der Waals surface area contributed by atoms with Crippen molar-refractivity contribution in [2.45, 2.75) is 6.54 Å². The molecule has 2 amide bonds. The van der Waals surface area contributed by atoms with Crippen LogP contribution in [0.3, 0.4) is 0 Å². The quantitative estimate of drug-likeness (QED) is 0.260. The van der Waals surface area contributed by atoms with Crippen LogP contribution in [0.25, 0.3) is 0 Å². The van der Waals surface area contributed by atoms with E-state index in [-0.39, 0.29) is 29.6 Å². The van der Waals surface area contributed by atoms with Crippen molar-refractivity contribution in [3.63, 3.8) is 0 Å². The van der Waals surface area contributed by atoms with Crippen molar-refractivity contribution in [2.75, 3.05) is 36.0 Å². The number of carbonyl (C=O) groups excluding carboxylic acids is 2. The van der Waals surface area contributed by atoms with E-state index in [1.807, 2.05) is 29.2 Å². The number of amides is 2. The van der Waals surface area contributed by atoms with E-state index in [1.165, 1.54) is 35.9 Å². The molecule has 38 heavy (non-hydrogen) atoms. The standard InChI is InChI=1S/C26H23ClN6O4S/c27-24-9-8-23(38-24)26(35)31-12-10-30(11-13-31)20-4-6-21(7-5-20)32(16-19-15-28-17-29-19)25(34)18-2-1-3-22(14-18)33(36)37/h1-9,14-15,17H,10-13,16H2,(H,28,29). The van der Waals surface area contributed by atoms with Gasteiger partial charge < -0.3 is 19.7 Å². The molecule has 0 unspecified atom stereocenters. The van der Waals surface area contributed by atoms with Gasteiger partial charge in [0.2, 0.25) is 0 Å². The Morgan fingerprint density at radius 1 is 1.08 bits per heavy atom. The van der Waals surface area contributed by atoms with Gasteiger partial charge in [-0.2, -0.15) is 0 Å². The van der Waals surface area contributed by atoms with Crippen LogP contribution in [0, 0.1) is 10.1 Å². The van der Waals surface area contributed by atoms with Gasteiger partial charge in [0, 0.05) is 61.4 Å². The van der Waals surface area contributed by atoms with E-state index in [0.717, 1.165) is 11.4 Å². The second-order valence-corrected chi connectivity index (χ2v) is 10.4. The Kier molecular flexibility index (Phi) is 7.38. The van der Waals surface area contributed by atoms with Crippen molar-refractivity contribution in [1.29, 1.82) is 0 Å². The van der Waals surface area contributed by atoms with Crippen molar-refractivity contribution in [1.82, 2.24) is 14.9 Å². The van der Waals surface area contributed by atoms with Crippen LogP contribution in [0.15, 0.2) is 73.2 Å². The maximum atomic E-state index is 13.5. The number of nitrogens with zero attached hydrogens (tertiary/aromatic N) is 5. The zero-order valence-corrected chi connectivity index (χ0v) is 21.7. The topological polar surface area (TPSA) is 116 Å². The Morgan fingerprint density at radius 3 is 2.47 bits per heavy atom. The monoisotopic (exact) mass is 550 g/mol. The number of imidazole rings is 1. The molecule has 0 saturated carbocycles. The number of nitro benzene ring substituents is 1. The number of anilines is 2. The van der Waals surface area contributed by atoms with Crippen LogP contribution in [0.5, 0.6) is 0 Å². The number of aromatic nitrogens is 2. The molecule has 1 fully saturated rings. The number of hydrogen-bond donors (Lipinski definition) is 1. The van der Waals surface area contributed by atoms with Crippen LogP contribution in [0.1, 0.15) is 25.7 Å². The summed E-state index contributed by atoms with van der Waals surface area (Å²) in [5, 5.41) is 11.2. The highest BCUT2D eigenvalue weighted by Gasteiger charge is 2.25. The van der Waals surface area contributed by atoms with Gasteiger partial charge in [-0.1, -0.05) is 17.7 Å². The number of nitrogens with one attached hydrogen (secondary N) is 1. The summed E-state index contributed by atoms with van der Waals surface area (Å²) < 4.78 is 0.595. The zero-order valence-electron chi connectivity index (χ0n) is 20.1. The minimum absolute atomic E-state index is 0.00833. The number of aromatic amines is 1. The zero-order chi connectivity index (χ0) is 26.6. The maximum absolute atomic E-state index is 13.5. The van der Waals surface area contributed by atoms with Gasteiger partial charge in [0.05, 0.1) is 32.7 Å². The molecular weight excluding hydrogens is 528 g/mol. The second-order valence-electron chi connectivity index (χ2n) is 8.67. The minimum atomic E-state index is -0.520. The molecule has 194 valence electrons. The van der Waals surface area contributed by atoms with E-state index in [2.05, 4.69) is 14.9 Å². The lowest BCUT2D eigenvalue weighted by atomic mass is 10.1. The molecule has 0 bridgehead atoms. The normalized spacial score (nSPS) is 13.4. The summed E-state index contributed by atoms with van der Waals surface area (Å²) >= 11 is 7.26. The van der Waals surface area contributed by atoms with Gasteiger partial charge >= 0.3 is 0 Å². The molecule has 10 nitrogen and oxygen atoms in total. The predicted octanol–water partition coefficient (Wildman–Crippen LogP) is 4.84.